The molecule has 1 nitrogen and oxygen atoms in total. The fraction of sp³-hybridized carbons (Fsp3) is 0.200. The highest BCUT2D eigenvalue weighted by atomic mass is 35.5. The van der Waals surface area contributed by atoms with Crippen LogP contribution in [0.4, 0.5) is 4.39 Å². The van der Waals surface area contributed by atoms with Crippen molar-refractivity contribution in [1.29, 1.82) is 0 Å². The summed E-state index contributed by atoms with van der Waals surface area (Å²) in [5.74, 6) is -0.548. The molecular weight excluding hydrogens is 259 g/mol. The van der Waals surface area contributed by atoms with Crippen molar-refractivity contribution in [2.24, 2.45) is 5.73 Å². The van der Waals surface area contributed by atoms with Crippen LogP contribution in [-0.4, -0.2) is 0 Å². The van der Waals surface area contributed by atoms with Crippen LogP contribution in [-0.2, 0) is 0 Å². The molecule has 0 aliphatic carbocycles. The van der Waals surface area contributed by atoms with Gasteiger partial charge in [0.05, 0.1) is 5.02 Å². The van der Waals surface area contributed by atoms with Crippen molar-refractivity contribution >= 4 is 35.6 Å². The first-order valence-corrected chi connectivity index (χ1v) is 4.83. The van der Waals surface area contributed by atoms with Crippen molar-refractivity contribution < 1.29 is 4.39 Å². The van der Waals surface area contributed by atoms with Crippen molar-refractivity contribution in [2.45, 2.75) is 12.5 Å². The molecule has 0 spiro atoms. The molecule has 1 rings (SSSR count). The molecule has 0 saturated carbocycles. The van der Waals surface area contributed by atoms with Gasteiger partial charge in [0.2, 0.25) is 0 Å². The zero-order valence-corrected chi connectivity index (χ0v) is 10.2. The Bertz CT molecular complexity index is 355. The van der Waals surface area contributed by atoms with Crippen LogP contribution in [0.5, 0.6) is 0 Å². The van der Waals surface area contributed by atoms with Gasteiger partial charge in [-0.15, -0.1) is 19.0 Å². The van der Waals surface area contributed by atoms with Gasteiger partial charge in [-0.2, -0.15) is 0 Å². The molecule has 0 heterocycles. The molecule has 0 saturated heterocycles. The summed E-state index contributed by atoms with van der Waals surface area (Å²) in [5.41, 5.74) is 5.97. The second kappa shape index (κ2) is 6.33. The minimum absolute atomic E-state index is 0. The third-order valence-electron chi connectivity index (χ3n) is 1.87. The Morgan fingerprint density at radius 3 is 2.47 bits per heavy atom. The molecule has 0 bridgehead atoms. The maximum atomic E-state index is 13.5. The topological polar surface area (TPSA) is 26.0 Å². The number of hydrogen-bond acceptors (Lipinski definition) is 1. The number of halogens is 4. The van der Waals surface area contributed by atoms with Crippen LogP contribution in [0.15, 0.2) is 24.8 Å². The third-order valence-corrected chi connectivity index (χ3v) is 2.49. The van der Waals surface area contributed by atoms with E-state index in [1.165, 1.54) is 12.1 Å². The van der Waals surface area contributed by atoms with Crippen LogP contribution in [0.25, 0.3) is 0 Å². The first-order valence-electron chi connectivity index (χ1n) is 4.07. The zero-order chi connectivity index (χ0) is 10.7. The van der Waals surface area contributed by atoms with Crippen LogP contribution in [0.2, 0.25) is 10.0 Å². The highest BCUT2D eigenvalue weighted by molar-refractivity contribution is 6.33. The van der Waals surface area contributed by atoms with Gasteiger partial charge in [-0.3, -0.25) is 0 Å². The van der Waals surface area contributed by atoms with E-state index < -0.39 is 11.9 Å². The average Bonchev–Trinajstić information content (AvgIpc) is 2.13. The summed E-state index contributed by atoms with van der Waals surface area (Å²) in [6.45, 7) is 3.53. The smallest absolute Gasteiger partial charge is 0.148 e. The molecule has 0 fully saturated rings. The van der Waals surface area contributed by atoms with Crippen molar-refractivity contribution in [2.75, 3.05) is 0 Å². The van der Waals surface area contributed by atoms with E-state index in [4.69, 9.17) is 28.9 Å². The maximum Gasteiger partial charge on any atom is 0.148 e. The summed E-state index contributed by atoms with van der Waals surface area (Å²) in [7, 11) is 0. The van der Waals surface area contributed by atoms with Crippen LogP contribution in [0, 0.1) is 5.82 Å². The molecule has 0 radical (unpaired) electrons. The summed E-state index contributed by atoms with van der Waals surface area (Å²) in [5, 5.41) is 0.324. The largest absolute Gasteiger partial charge is 0.324 e. The van der Waals surface area contributed by atoms with E-state index in [-0.39, 0.29) is 23.0 Å². The Labute approximate surface area is 104 Å². The first kappa shape index (κ1) is 14.7. The van der Waals surface area contributed by atoms with Crippen LogP contribution < -0.4 is 5.73 Å². The number of nitrogens with two attached hydrogens (primary N) is 1. The Morgan fingerprint density at radius 2 is 1.93 bits per heavy atom. The molecule has 0 aliphatic rings. The quantitative estimate of drug-likeness (QED) is 0.648. The van der Waals surface area contributed by atoms with Crippen molar-refractivity contribution in [3.63, 3.8) is 0 Å². The van der Waals surface area contributed by atoms with Gasteiger partial charge in [0, 0.05) is 16.6 Å². The lowest BCUT2D eigenvalue weighted by atomic mass is 10.0. The van der Waals surface area contributed by atoms with Crippen LogP contribution >= 0.6 is 35.6 Å². The minimum Gasteiger partial charge on any atom is -0.324 e. The van der Waals surface area contributed by atoms with E-state index in [1.54, 1.807) is 6.08 Å². The second-order valence-corrected chi connectivity index (χ2v) is 3.70. The fourth-order valence-corrected chi connectivity index (χ4v) is 1.63. The van der Waals surface area contributed by atoms with Gasteiger partial charge in [0.1, 0.15) is 5.82 Å². The number of rotatable bonds is 3. The van der Waals surface area contributed by atoms with Gasteiger partial charge < -0.3 is 5.73 Å². The third kappa shape index (κ3) is 3.35. The summed E-state index contributed by atoms with van der Waals surface area (Å²) in [6.07, 6.45) is 2.07. The summed E-state index contributed by atoms with van der Waals surface area (Å²) in [4.78, 5) is 0. The molecule has 2 N–H and O–H groups in total. The highest BCUT2D eigenvalue weighted by Gasteiger charge is 2.16. The average molecular weight is 271 g/mol. The van der Waals surface area contributed by atoms with Gasteiger partial charge >= 0.3 is 0 Å². The zero-order valence-electron chi connectivity index (χ0n) is 7.84. The summed E-state index contributed by atoms with van der Waals surface area (Å²) < 4.78 is 13.5. The highest BCUT2D eigenvalue weighted by Crippen LogP contribution is 2.30. The Kier molecular flexibility index (Phi) is 6.22. The second-order valence-electron chi connectivity index (χ2n) is 2.89. The van der Waals surface area contributed by atoms with Crippen LogP contribution in [0.1, 0.15) is 18.0 Å². The minimum atomic E-state index is -0.548. The van der Waals surface area contributed by atoms with Gasteiger partial charge in [-0.25, -0.2) is 4.39 Å². The lowest BCUT2D eigenvalue weighted by Crippen LogP contribution is -2.12. The van der Waals surface area contributed by atoms with Crippen molar-refractivity contribution in [3.05, 3.63) is 46.2 Å². The predicted molar refractivity (Wildman–Crippen MR) is 65.4 cm³/mol. The molecule has 15 heavy (non-hydrogen) atoms. The van der Waals surface area contributed by atoms with E-state index >= 15 is 0 Å². The molecular formula is C10H11Cl3FN. The Morgan fingerprint density at radius 1 is 1.40 bits per heavy atom. The normalized spacial score (nSPS) is 11.7. The van der Waals surface area contributed by atoms with E-state index in [9.17, 15) is 4.39 Å². The van der Waals surface area contributed by atoms with E-state index in [1.807, 2.05) is 0 Å². The molecule has 84 valence electrons. The lowest BCUT2D eigenvalue weighted by molar-refractivity contribution is 0.584. The summed E-state index contributed by atoms with van der Waals surface area (Å²) in [6, 6.07) is 2.44. The Balaban J connectivity index is 0.00000196. The van der Waals surface area contributed by atoms with Gasteiger partial charge in [-0.05, 0) is 18.6 Å². The van der Waals surface area contributed by atoms with Gasteiger partial charge in [0.25, 0.3) is 0 Å². The molecule has 0 aromatic heterocycles. The van der Waals surface area contributed by atoms with Crippen molar-refractivity contribution in [3.8, 4) is 0 Å². The Hall–Kier alpha value is -0.280. The van der Waals surface area contributed by atoms with E-state index in [0.29, 0.717) is 11.4 Å². The van der Waals surface area contributed by atoms with Gasteiger partial charge in [0.15, 0.2) is 0 Å². The molecule has 1 aromatic rings. The molecule has 0 aliphatic heterocycles. The SMILES string of the molecule is C=CC[C@H](N)c1c(Cl)ccc(Cl)c1F.Cl. The molecule has 1 atom stereocenters. The van der Waals surface area contributed by atoms with E-state index in [0.717, 1.165) is 0 Å². The molecule has 5 heteroatoms. The standard InChI is InChI=1S/C10H10Cl2FN.ClH/c1-2-3-8(14)9-6(11)4-5-7(12)10(9)13;/h2,4-5,8H,1,3,14H2;1H/t8-;/m0./s1. The maximum absolute atomic E-state index is 13.5. The number of benzene rings is 1. The molecule has 0 unspecified atom stereocenters. The fourth-order valence-electron chi connectivity index (χ4n) is 1.18. The monoisotopic (exact) mass is 269 g/mol. The number of hydrogen-bond donors (Lipinski definition) is 1. The predicted octanol–water partition coefficient (Wildman–Crippen LogP) is 4.13. The van der Waals surface area contributed by atoms with Crippen LogP contribution in [0.3, 0.4) is 0 Å². The molecule has 0 amide bonds. The summed E-state index contributed by atoms with van der Waals surface area (Å²) >= 11 is 11.4. The molecule has 1 aromatic carbocycles. The first-order chi connectivity index (χ1) is 6.57. The van der Waals surface area contributed by atoms with E-state index in [2.05, 4.69) is 6.58 Å². The van der Waals surface area contributed by atoms with Gasteiger partial charge in [-0.1, -0.05) is 29.3 Å². The van der Waals surface area contributed by atoms with Crippen molar-refractivity contribution in [1.82, 2.24) is 0 Å². The lowest BCUT2D eigenvalue weighted by Gasteiger charge is -2.13.